The monoisotopic (exact) mass is 192 g/mol. The number of aromatic nitrogens is 4. The van der Waals surface area contributed by atoms with Gasteiger partial charge in [0.2, 0.25) is 5.89 Å². The van der Waals surface area contributed by atoms with Gasteiger partial charge in [-0.3, -0.25) is 0 Å². The minimum Gasteiger partial charge on any atom is -0.419 e. The summed E-state index contributed by atoms with van der Waals surface area (Å²) in [4.78, 5) is 3.99. The molecular weight excluding hydrogens is 180 g/mol. The topological polar surface area (TPSA) is 56.7 Å². The lowest BCUT2D eigenvalue weighted by Crippen LogP contribution is -1.88. The molecule has 0 fully saturated rings. The average Bonchev–Trinajstić information content (AvgIpc) is 2.71. The van der Waals surface area contributed by atoms with Crippen LogP contribution in [0.1, 0.15) is 25.7 Å². The summed E-state index contributed by atoms with van der Waals surface area (Å²) in [5, 5.41) is 7.92. The first kappa shape index (κ1) is 8.93. The molecule has 0 unspecified atom stereocenters. The third-order valence-corrected chi connectivity index (χ3v) is 1.97. The first-order valence-electron chi connectivity index (χ1n) is 4.48. The number of nitrogens with zero attached hydrogens (tertiary/aromatic N) is 4. The van der Waals surface area contributed by atoms with Gasteiger partial charge in [-0.05, 0) is 0 Å². The Morgan fingerprint density at radius 2 is 2.14 bits per heavy atom. The van der Waals surface area contributed by atoms with E-state index in [0.717, 1.165) is 5.69 Å². The predicted molar refractivity (Wildman–Crippen MR) is 50.6 cm³/mol. The molecule has 0 radical (unpaired) electrons. The normalized spacial score (nSPS) is 11.1. The van der Waals surface area contributed by atoms with Gasteiger partial charge in [0.1, 0.15) is 5.69 Å². The standard InChI is InChI=1S/C9H12N4O/c1-6(2)8-11-12-9(14-8)7-4-10-5-13(7)3/h4-6H,1-3H3. The lowest BCUT2D eigenvalue weighted by Gasteiger charge is -1.96. The summed E-state index contributed by atoms with van der Waals surface area (Å²) >= 11 is 0. The molecule has 0 bridgehead atoms. The Kier molecular flexibility index (Phi) is 2.07. The van der Waals surface area contributed by atoms with Gasteiger partial charge in [-0.2, -0.15) is 0 Å². The fraction of sp³-hybridized carbons (Fsp3) is 0.444. The Bertz CT molecular complexity index is 429. The van der Waals surface area contributed by atoms with Gasteiger partial charge in [-0.15, -0.1) is 10.2 Å². The molecule has 74 valence electrons. The first-order chi connectivity index (χ1) is 6.68. The number of hydrogen-bond donors (Lipinski definition) is 0. The van der Waals surface area contributed by atoms with Crippen LogP contribution in [0.4, 0.5) is 0 Å². The summed E-state index contributed by atoms with van der Waals surface area (Å²) in [6.45, 7) is 4.03. The first-order valence-corrected chi connectivity index (χ1v) is 4.48. The second kappa shape index (κ2) is 3.25. The zero-order valence-corrected chi connectivity index (χ0v) is 8.43. The van der Waals surface area contributed by atoms with Crippen LogP contribution in [0.5, 0.6) is 0 Å². The van der Waals surface area contributed by atoms with E-state index in [1.165, 1.54) is 0 Å². The second-order valence-corrected chi connectivity index (χ2v) is 3.49. The van der Waals surface area contributed by atoms with Crippen molar-refractivity contribution in [2.45, 2.75) is 19.8 Å². The van der Waals surface area contributed by atoms with E-state index in [2.05, 4.69) is 15.2 Å². The van der Waals surface area contributed by atoms with Gasteiger partial charge >= 0.3 is 0 Å². The van der Waals surface area contributed by atoms with Crippen molar-refractivity contribution in [2.75, 3.05) is 0 Å². The Balaban J connectivity index is 2.39. The summed E-state index contributed by atoms with van der Waals surface area (Å²) in [6.07, 6.45) is 3.41. The minimum atomic E-state index is 0.254. The van der Waals surface area contributed by atoms with E-state index >= 15 is 0 Å². The van der Waals surface area contributed by atoms with Crippen molar-refractivity contribution in [3.05, 3.63) is 18.4 Å². The molecule has 0 N–H and O–H groups in total. The molecule has 0 saturated carbocycles. The van der Waals surface area contributed by atoms with Gasteiger partial charge in [0, 0.05) is 13.0 Å². The van der Waals surface area contributed by atoms with Crippen LogP contribution in [0.25, 0.3) is 11.6 Å². The van der Waals surface area contributed by atoms with E-state index in [9.17, 15) is 0 Å². The summed E-state index contributed by atoms with van der Waals surface area (Å²) < 4.78 is 7.33. The number of rotatable bonds is 2. The Morgan fingerprint density at radius 1 is 1.36 bits per heavy atom. The summed E-state index contributed by atoms with van der Waals surface area (Å²) in [6, 6.07) is 0. The van der Waals surface area contributed by atoms with E-state index in [4.69, 9.17) is 4.42 Å². The quantitative estimate of drug-likeness (QED) is 0.725. The molecule has 0 aliphatic heterocycles. The van der Waals surface area contributed by atoms with Crippen molar-refractivity contribution >= 4 is 0 Å². The Hall–Kier alpha value is -1.65. The maximum atomic E-state index is 5.49. The molecule has 5 nitrogen and oxygen atoms in total. The maximum absolute atomic E-state index is 5.49. The van der Waals surface area contributed by atoms with Crippen LogP contribution in [-0.2, 0) is 7.05 Å². The third kappa shape index (κ3) is 1.41. The number of imidazole rings is 1. The fourth-order valence-electron chi connectivity index (χ4n) is 1.13. The lowest BCUT2D eigenvalue weighted by atomic mass is 10.2. The van der Waals surface area contributed by atoms with Crippen molar-refractivity contribution in [2.24, 2.45) is 7.05 Å². The Morgan fingerprint density at radius 3 is 2.64 bits per heavy atom. The minimum absolute atomic E-state index is 0.254. The van der Waals surface area contributed by atoms with Crippen LogP contribution in [0.3, 0.4) is 0 Å². The molecule has 14 heavy (non-hydrogen) atoms. The molecule has 0 spiro atoms. The van der Waals surface area contributed by atoms with Crippen molar-refractivity contribution in [1.82, 2.24) is 19.7 Å². The smallest absolute Gasteiger partial charge is 0.265 e. The van der Waals surface area contributed by atoms with Gasteiger partial charge in [-0.25, -0.2) is 4.98 Å². The third-order valence-electron chi connectivity index (χ3n) is 1.97. The second-order valence-electron chi connectivity index (χ2n) is 3.49. The molecule has 2 heterocycles. The highest BCUT2D eigenvalue weighted by Gasteiger charge is 2.13. The highest BCUT2D eigenvalue weighted by molar-refractivity contribution is 5.44. The fourth-order valence-corrected chi connectivity index (χ4v) is 1.13. The van der Waals surface area contributed by atoms with Crippen molar-refractivity contribution in [3.8, 4) is 11.6 Å². The van der Waals surface area contributed by atoms with Crippen LogP contribution < -0.4 is 0 Å². The van der Waals surface area contributed by atoms with Crippen molar-refractivity contribution in [3.63, 3.8) is 0 Å². The van der Waals surface area contributed by atoms with E-state index in [1.807, 2.05) is 25.5 Å². The number of aryl methyl sites for hydroxylation is 1. The SMILES string of the molecule is CC(C)c1nnc(-c2cncn2C)o1. The van der Waals surface area contributed by atoms with Crippen LogP contribution in [-0.4, -0.2) is 19.7 Å². The molecule has 0 amide bonds. The van der Waals surface area contributed by atoms with Gasteiger partial charge in [0.15, 0.2) is 0 Å². The summed E-state index contributed by atoms with van der Waals surface area (Å²) in [5.41, 5.74) is 0.837. The molecule has 0 aliphatic carbocycles. The summed E-state index contributed by atoms with van der Waals surface area (Å²) in [7, 11) is 1.89. The van der Waals surface area contributed by atoms with E-state index in [-0.39, 0.29) is 5.92 Å². The highest BCUT2D eigenvalue weighted by Crippen LogP contribution is 2.19. The van der Waals surface area contributed by atoms with Gasteiger partial charge in [0.05, 0.1) is 12.5 Å². The molecular formula is C9H12N4O. The highest BCUT2D eigenvalue weighted by atomic mass is 16.4. The Labute approximate surface area is 81.8 Å². The molecule has 5 heteroatoms. The van der Waals surface area contributed by atoms with Gasteiger partial charge in [0.25, 0.3) is 5.89 Å². The largest absolute Gasteiger partial charge is 0.419 e. The zero-order chi connectivity index (χ0) is 10.1. The van der Waals surface area contributed by atoms with Gasteiger partial charge in [-0.1, -0.05) is 13.8 Å². The molecule has 0 atom stereocenters. The van der Waals surface area contributed by atoms with Crippen molar-refractivity contribution < 1.29 is 4.42 Å². The lowest BCUT2D eigenvalue weighted by molar-refractivity contribution is 0.478. The van der Waals surface area contributed by atoms with Crippen LogP contribution >= 0.6 is 0 Å². The van der Waals surface area contributed by atoms with Gasteiger partial charge < -0.3 is 8.98 Å². The van der Waals surface area contributed by atoms with E-state index in [1.54, 1.807) is 12.5 Å². The predicted octanol–water partition coefficient (Wildman–Crippen LogP) is 1.59. The van der Waals surface area contributed by atoms with E-state index < -0.39 is 0 Å². The average molecular weight is 192 g/mol. The molecule has 2 aromatic rings. The van der Waals surface area contributed by atoms with Crippen molar-refractivity contribution in [1.29, 1.82) is 0 Å². The van der Waals surface area contributed by atoms with Crippen LogP contribution in [0.15, 0.2) is 16.9 Å². The summed E-state index contributed by atoms with van der Waals surface area (Å²) in [5.74, 6) is 1.43. The number of hydrogen-bond acceptors (Lipinski definition) is 4. The molecule has 0 saturated heterocycles. The van der Waals surface area contributed by atoms with Crippen LogP contribution in [0, 0.1) is 0 Å². The zero-order valence-electron chi connectivity index (χ0n) is 8.43. The van der Waals surface area contributed by atoms with Crippen LogP contribution in [0.2, 0.25) is 0 Å². The maximum Gasteiger partial charge on any atom is 0.265 e. The van der Waals surface area contributed by atoms with E-state index in [0.29, 0.717) is 11.8 Å². The molecule has 0 aliphatic rings. The molecule has 0 aromatic carbocycles. The molecule has 2 rings (SSSR count). The molecule has 2 aromatic heterocycles.